The second-order valence-corrected chi connectivity index (χ2v) is 13.6. The van der Waals surface area contributed by atoms with Gasteiger partial charge in [0.1, 0.15) is 5.82 Å². The van der Waals surface area contributed by atoms with E-state index in [1.165, 1.54) is 0 Å². The standard InChI is InChI=1S/C22H38N2O5Si/c1-9-27-20(25)14-17(21(26)28-10-2)12-11-13-19-23-15-18(24(19)6)16-29-30(7,8)22(3,4)5/h12,15H,9-11,13-14,16H2,1-8H3/b17-12+. The molecule has 8 heteroatoms. The molecule has 1 aromatic heterocycles. The van der Waals surface area contributed by atoms with Gasteiger partial charge < -0.3 is 18.5 Å². The molecule has 7 nitrogen and oxygen atoms in total. The van der Waals surface area contributed by atoms with E-state index in [1.54, 1.807) is 19.9 Å². The summed E-state index contributed by atoms with van der Waals surface area (Å²) in [6.07, 6.45) is 4.72. The minimum absolute atomic E-state index is 0.0845. The third-order valence-electron chi connectivity index (χ3n) is 5.50. The summed E-state index contributed by atoms with van der Waals surface area (Å²) in [5.74, 6) is -0.00728. The van der Waals surface area contributed by atoms with Crippen LogP contribution in [-0.2, 0) is 43.6 Å². The maximum absolute atomic E-state index is 12.1. The molecule has 0 atom stereocenters. The summed E-state index contributed by atoms with van der Waals surface area (Å²) in [5.41, 5.74) is 1.35. The molecule has 0 fully saturated rings. The van der Waals surface area contributed by atoms with Crippen LogP contribution in [0, 0.1) is 0 Å². The van der Waals surface area contributed by atoms with Crippen molar-refractivity contribution in [3.05, 3.63) is 29.4 Å². The molecule has 0 bridgehead atoms. The highest BCUT2D eigenvalue weighted by molar-refractivity contribution is 6.74. The third kappa shape index (κ3) is 7.72. The Kier molecular flexibility index (Phi) is 9.97. The van der Waals surface area contributed by atoms with E-state index in [0.29, 0.717) is 25.0 Å². The first kappa shape index (κ1) is 26.1. The molecular weight excluding hydrogens is 400 g/mol. The lowest BCUT2D eigenvalue weighted by molar-refractivity contribution is -0.145. The maximum Gasteiger partial charge on any atom is 0.334 e. The lowest BCUT2D eigenvalue weighted by Gasteiger charge is -2.36. The number of hydrogen-bond acceptors (Lipinski definition) is 6. The van der Waals surface area contributed by atoms with Gasteiger partial charge >= 0.3 is 11.9 Å². The van der Waals surface area contributed by atoms with Crippen molar-refractivity contribution in [3.63, 3.8) is 0 Å². The van der Waals surface area contributed by atoms with Crippen LogP contribution in [0.2, 0.25) is 18.1 Å². The summed E-state index contributed by atoms with van der Waals surface area (Å²) in [5, 5.41) is 0.154. The predicted octanol–water partition coefficient (Wildman–Crippen LogP) is 4.32. The average Bonchev–Trinajstić information content (AvgIpc) is 2.98. The second-order valence-electron chi connectivity index (χ2n) is 8.74. The van der Waals surface area contributed by atoms with Gasteiger partial charge in [-0.1, -0.05) is 26.8 Å². The van der Waals surface area contributed by atoms with Gasteiger partial charge in [-0.05, 0) is 38.4 Å². The number of carbonyl (C=O) groups is 2. The molecule has 0 N–H and O–H groups in total. The van der Waals surface area contributed by atoms with Crippen LogP contribution in [0.4, 0.5) is 0 Å². The van der Waals surface area contributed by atoms with Crippen LogP contribution >= 0.6 is 0 Å². The Labute approximate surface area is 181 Å². The molecule has 1 rings (SSSR count). The van der Waals surface area contributed by atoms with Crippen molar-refractivity contribution in [1.82, 2.24) is 9.55 Å². The largest absolute Gasteiger partial charge is 0.466 e. The predicted molar refractivity (Wildman–Crippen MR) is 119 cm³/mol. The van der Waals surface area contributed by atoms with E-state index in [-0.39, 0.29) is 24.7 Å². The van der Waals surface area contributed by atoms with E-state index in [1.807, 2.05) is 17.8 Å². The summed E-state index contributed by atoms with van der Waals surface area (Å²) < 4.78 is 18.3. The first-order valence-corrected chi connectivity index (χ1v) is 13.5. The van der Waals surface area contributed by atoms with E-state index >= 15 is 0 Å². The van der Waals surface area contributed by atoms with Crippen LogP contribution in [0.5, 0.6) is 0 Å². The quantitative estimate of drug-likeness (QED) is 0.291. The first-order valence-electron chi connectivity index (χ1n) is 10.6. The van der Waals surface area contributed by atoms with Crippen molar-refractivity contribution in [2.75, 3.05) is 13.2 Å². The van der Waals surface area contributed by atoms with E-state index in [9.17, 15) is 9.59 Å². The molecule has 0 aliphatic heterocycles. The number of rotatable bonds is 11. The van der Waals surface area contributed by atoms with Gasteiger partial charge in [-0.3, -0.25) is 4.79 Å². The number of allylic oxidation sites excluding steroid dienone is 1. The Morgan fingerprint density at radius 2 is 1.80 bits per heavy atom. The van der Waals surface area contributed by atoms with Crippen molar-refractivity contribution in [1.29, 1.82) is 0 Å². The molecule has 170 valence electrons. The number of aromatic nitrogens is 2. The number of carbonyl (C=O) groups excluding carboxylic acids is 2. The molecule has 30 heavy (non-hydrogen) atoms. The molecule has 0 saturated carbocycles. The van der Waals surface area contributed by atoms with Gasteiger partial charge in [0.05, 0.1) is 38.1 Å². The molecular formula is C22H38N2O5Si. The Hall–Kier alpha value is -1.93. The molecule has 0 unspecified atom stereocenters. The van der Waals surface area contributed by atoms with Crippen LogP contribution < -0.4 is 0 Å². The third-order valence-corrected chi connectivity index (χ3v) is 9.98. The molecule has 0 amide bonds. The Morgan fingerprint density at radius 1 is 1.17 bits per heavy atom. The van der Waals surface area contributed by atoms with Crippen LogP contribution in [0.25, 0.3) is 0 Å². The normalized spacial score (nSPS) is 12.7. The van der Waals surface area contributed by atoms with Crippen molar-refractivity contribution in [2.24, 2.45) is 7.05 Å². The first-order chi connectivity index (χ1) is 13.9. The number of ether oxygens (including phenoxy) is 2. The van der Waals surface area contributed by atoms with Gasteiger partial charge in [0.2, 0.25) is 0 Å². The summed E-state index contributed by atoms with van der Waals surface area (Å²) in [6, 6.07) is 0. The number of aryl methyl sites for hydroxylation is 1. The molecule has 0 aliphatic rings. The van der Waals surface area contributed by atoms with Crippen LogP contribution in [0.15, 0.2) is 17.8 Å². The van der Waals surface area contributed by atoms with Crippen LogP contribution in [0.3, 0.4) is 0 Å². The van der Waals surface area contributed by atoms with E-state index in [4.69, 9.17) is 13.9 Å². The summed E-state index contributed by atoms with van der Waals surface area (Å²) >= 11 is 0. The van der Waals surface area contributed by atoms with Crippen molar-refractivity contribution < 1.29 is 23.5 Å². The molecule has 0 aromatic carbocycles. The van der Waals surface area contributed by atoms with E-state index < -0.39 is 20.3 Å². The lowest BCUT2D eigenvalue weighted by atomic mass is 10.1. The van der Waals surface area contributed by atoms with E-state index in [2.05, 4.69) is 38.8 Å². The van der Waals surface area contributed by atoms with Crippen molar-refractivity contribution >= 4 is 20.3 Å². The van der Waals surface area contributed by atoms with Gasteiger partial charge in [0.15, 0.2) is 8.32 Å². The van der Waals surface area contributed by atoms with Crippen LogP contribution in [0.1, 0.15) is 59.0 Å². The monoisotopic (exact) mass is 438 g/mol. The average molecular weight is 439 g/mol. The summed E-state index contributed by atoms with van der Waals surface area (Å²) in [4.78, 5) is 28.4. The SMILES string of the molecule is CCOC(=O)C/C(=C\CCc1ncc(CO[Si](C)(C)C(C)(C)C)n1C)C(=O)OCC. The molecule has 0 radical (unpaired) electrons. The minimum Gasteiger partial charge on any atom is -0.466 e. The molecule has 1 aromatic rings. The van der Waals surface area contributed by atoms with Gasteiger partial charge in [-0.2, -0.15) is 0 Å². The van der Waals surface area contributed by atoms with E-state index in [0.717, 1.165) is 11.5 Å². The highest BCUT2D eigenvalue weighted by Gasteiger charge is 2.37. The zero-order valence-corrected chi connectivity index (χ0v) is 20.8. The number of hydrogen-bond donors (Lipinski definition) is 0. The molecule has 0 spiro atoms. The Morgan fingerprint density at radius 3 is 2.37 bits per heavy atom. The summed E-state index contributed by atoms with van der Waals surface area (Å²) in [7, 11) is 0.143. The number of imidazole rings is 1. The topological polar surface area (TPSA) is 79.7 Å². The van der Waals surface area contributed by atoms with Crippen molar-refractivity contribution in [2.45, 2.75) is 78.6 Å². The van der Waals surface area contributed by atoms with Gasteiger partial charge in [-0.15, -0.1) is 0 Å². The fraction of sp³-hybridized carbons (Fsp3) is 0.682. The van der Waals surface area contributed by atoms with Gasteiger partial charge in [0, 0.05) is 19.0 Å². The smallest absolute Gasteiger partial charge is 0.334 e. The van der Waals surface area contributed by atoms with Crippen molar-refractivity contribution in [3.8, 4) is 0 Å². The Balaban J connectivity index is 2.78. The highest BCUT2D eigenvalue weighted by atomic mass is 28.4. The molecule has 0 saturated heterocycles. The molecule has 0 aliphatic carbocycles. The maximum atomic E-state index is 12.1. The Bertz CT molecular complexity index is 747. The number of esters is 2. The fourth-order valence-corrected chi connectivity index (χ4v) is 3.46. The van der Waals surface area contributed by atoms with Gasteiger partial charge in [-0.25, -0.2) is 9.78 Å². The highest BCUT2D eigenvalue weighted by Crippen LogP contribution is 2.37. The van der Waals surface area contributed by atoms with Crippen LogP contribution in [-0.4, -0.2) is 43.0 Å². The second kappa shape index (κ2) is 11.5. The molecule has 1 heterocycles. The minimum atomic E-state index is -1.83. The fourth-order valence-electron chi connectivity index (χ4n) is 2.52. The zero-order valence-electron chi connectivity index (χ0n) is 19.8. The lowest BCUT2D eigenvalue weighted by Crippen LogP contribution is -2.40. The zero-order chi connectivity index (χ0) is 22.9. The number of nitrogens with zero attached hydrogens (tertiary/aromatic N) is 2. The van der Waals surface area contributed by atoms with Gasteiger partial charge in [0.25, 0.3) is 0 Å². The summed E-state index contributed by atoms with van der Waals surface area (Å²) in [6.45, 7) is 15.7.